The standard InChI is InChI=1S/C19H25BrN6O2/c1-2-3-4-11-25-13-12-14(20)21-17(13)18(28)26-15(22-23-19(25)26)7-8-16(27)24-9-5-6-10-24/h12,21H,2-11H2,1H3. The molecule has 0 unspecified atom stereocenters. The maximum Gasteiger partial charge on any atom is 0.284 e. The molecule has 8 nitrogen and oxygen atoms in total. The first-order chi connectivity index (χ1) is 13.6. The molecule has 0 saturated carbocycles. The van der Waals surface area contributed by atoms with Gasteiger partial charge >= 0.3 is 0 Å². The van der Waals surface area contributed by atoms with Gasteiger partial charge < -0.3 is 14.5 Å². The van der Waals surface area contributed by atoms with E-state index < -0.39 is 0 Å². The van der Waals surface area contributed by atoms with Gasteiger partial charge in [-0.15, -0.1) is 10.2 Å². The van der Waals surface area contributed by atoms with Crippen LogP contribution >= 0.6 is 15.9 Å². The van der Waals surface area contributed by atoms with Crippen molar-refractivity contribution in [3.05, 3.63) is 26.8 Å². The lowest BCUT2D eigenvalue weighted by Crippen LogP contribution is -2.28. The summed E-state index contributed by atoms with van der Waals surface area (Å²) in [6.45, 7) is 4.60. The van der Waals surface area contributed by atoms with Crippen molar-refractivity contribution < 1.29 is 4.79 Å². The van der Waals surface area contributed by atoms with E-state index in [2.05, 4.69) is 38.0 Å². The van der Waals surface area contributed by atoms with E-state index in [1.807, 2.05) is 15.5 Å². The number of hydrogen-bond acceptors (Lipinski definition) is 4. The number of nitrogens with zero attached hydrogens (tertiary/aromatic N) is 5. The van der Waals surface area contributed by atoms with Gasteiger partial charge in [-0.2, -0.15) is 0 Å². The molecule has 1 aliphatic rings. The van der Waals surface area contributed by atoms with Gasteiger partial charge in [0.15, 0.2) is 0 Å². The molecular formula is C19H25BrN6O2. The lowest BCUT2D eigenvalue weighted by molar-refractivity contribution is -0.130. The van der Waals surface area contributed by atoms with Crippen molar-refractivity contribution in [2.45, 2.75) is 58.4 Å². The molecule has 28 heavy (non-hydrogen) atoms. The number of likely N-dealkylation sites (tertiary alicyclic amines) is 1. The number of unbranched alkanes of at least 4 members (excludes halogenated alkanes) is 2. The summed E-state index contributed by atoms with van der Waals surface area (Å²) in [6.07, 6.45) is 6.13. The molecule has 4 rings (SSSR count). The summed E-state index contributed by atoms with van der Waals surface area (Å²) in [5.41, 5.74) is 1.19. The Morgan fingerprint density at radius 1 is 1.25 bits per heavy atom. The summed E-state index contributed by atoms with van der Waals surface area (Å²) >= 11 is 3.44. The molecule has 0 atom stereocenters. The van der Waals surface area contributed by atoms with Gasteiger partial charge in [-0.25, -0.2) is 4.40 Å². The van der Waals surface area contributed by atoms with Gasteiger partial charge in [0.25, 0.3) is 5.56 Å². The molecule has 3 aromatic heterocycles. The Morgan fingerprint density at radius 2 is 2.04 bits per heavy atom. The Labute approximate surface area is 171 Å². The fourth-order valence-electron chi connectivity index (χ4n) is 3.94. The number of aryl methyl sites for hydroxylation is 2. The number of H-pyrrole nitrogens is 1. The number of fused-ring (bicyclic) bond motifs is 2. The van der Waals surface area contributed by atoms with Crippen LogP contribution in [0.3, 0.4) is 0 Å². The van der Waals surface area contributed by atoms with Crippen LogP contribution < -0.4 is 5.56 Å². The Balaban J connectivity index is 1.70. The number of nitrogens with one attached hydrogen (secondary N) is 1. The molecule has 9 heteroatoms. The minimum atomic E-state index is -0.170. The number of hydrogen-bond donors (Lipinski definition) is 1. The summed E-state index contributed by atoms with van der Waals surface area (Å²) in [7, 11) is 0. The van der Waals surface area contributed by atoms with Crippen molar-refractivity contribution in [3.8, 4) is 0 Å². The summed E-state index contributed by atoms with van der Waals surface area (Å²) in [5.74, 6) is 1.22. The van der Waals surface area contributed by atoms with Crippen LogP contribution in [0.4, 0.5) is 0 Å². The van der Waals surface area contributed by atoms with E-state index >= 15 is 0 Å². The average molecular weight is 449 g/mol. The summed E-state index contributed by atoms with van der Waals surface area (Å²) in [4.78, 5) is 30.5. The van der Waals surface area contributed by atoms with Crippen molar-refractivity contribution in [2.24, 2.45) is 0 Å². The smallest absolute Gasteiger partial charge is 0.284 e. The zero-order valence-corrected chi connectivity index (χ0v) is 17.7. The predicted molar refractivity (Wildman–Crippen MR) is 110 cm³/mol. The summed E-state index contributed by atoms with van der Waals surface area (Å²) in [6, 6.07) is 1.91. The molecule has 3 aromatic rings. The molecule has 0 radical (unpaired) electrons. The van der Waals surface area contributed by atoms with E-state index in [0.29, 0.717) is 30.0 Å². The second kappa shape index (κ2) is 8.06. The van der Waals surface area contributed by atoms with Gasteiger partial charge in [0.05, 0.1) is 10.1 Å². The molecule has 0 spiro atoms. The first kappa shape index (κ1) is 19.2. The Kier molecular flexibility index (Phi) is 5.52. The Morgan fingerprint density at radius 3 is 2.79 bits per heavy atom. The molecule has 1 fully saturated rings. The predicted octanol–water partition coefficient (Wildman–Crippen LogP) is 2.88. The fraction of sp³-hybridized carbons (Fsp3) is 0.579. The van der Waals surface area contributed by atoms with Crippen LogP contribution in [-0.4, -0.2) is 48.0 Å². The van der Waals surface area contributed by atoms with Crippen molar-refractivity contribution in [3.63, 3.8) is 0 Å². The highest BCUT2D eigenvalue weighted by Crippen LogP contribution is 2.20. The van der Waals surface area contributed by atoms with Crippen LogP contribution in [0, 0.1) is 0 Å². The van der Waals surface area contributed by atoms with Gasteiger partial charge in [-0.05, 0) is 41.3 Å². The van der Waals surface area contributed by atoms with E-state index in [4.69, 9.17) is 0 Å². The highest BCUT2D eigenvalue weighted by Gasteiger charge is 2.21. The SMILES string of the molecule is CCCCCn1c2cc(Br)[nH]c2c(=O)n2c(CCC(=O)N3CCCC3)nnc12. The first-order valence-electron chi connectivity index (χ1n) is 10.0. The summed E-state index contributed by atoms with van der Waals surface area (Å²) < 4.78 is 4.37. The van der Waals surface area contributed by atoms with Gasteiger partial charge in [0.1, 0.15) is 11.3 Å². The summed E-state index contributed by atoms with van der Waals surface area (Å²) in [5, 5.41) is 8.58. The molecule has 1 saturated heterocycles. The zero-order chi connectivity index (χ0) is 19.7. The molecule has 0 aliphatic carbocycles. The minimum absolute atomic E-state index is 0.126. The normalized spacial score (nSPS) is 14.6. The van der Waals surface area contributed by atoms with E-state index in [-0.39, 0.29) is 11.5 Å². The van der Waals surface area contributed by atoms with Crippen LogP contribution in [0.25, 0.3) is 16.8 Å². The monoisotopic (exact) mass is 448 g/mol. The lowest BCUT2D eigenvalue weighted by Gasteiger charge is -2.14. The highest BCUT2D eigenvalue weighted by atomic mass is 79.9. The van der Waals surface area contributed by atoms with Gasteiger partial charge in [0, 0.05) is 32.5 Å². The number of halogens is 1. The van der Waals surface area contributed by atoms with Gasteiger partial charge in [-0.3, -0.25) is 9.59 Å². The number of carbonyl (C=O) groups is 1. The van der Waals surface area contributed by atoms with Crippen LogP contribution in [0.1, 0.15) is 51.3 Å². The quantitative estimate of drug-likeness (QED) is 0.562. The fourth-order valence-corrected chi connectivity index (χ4v) is 4.36. The van der Waals surface area contributed by atoms with Crippen LogP contribution in [0.2, 0.25) is 0 Å². The molecule has 1 aliphatic heterocycles. The van der Waals surface area contributed by atoms with Crippen LogP contribution in [0.15, 0.2) is 15.5 Å². The molecule has 4 heterocycles. The van der Waals surface area contributed by atoms with Crippen molar-refractivity contribution in [2.75, 3.05) is 13.1 Å². The highest BCUT2D eigenvalue weighted by molar-refractivity contribution is 9.10. The molecular weight excluding hydrogens is 424 g/mol. The molecule has 1 N–H and O–H groups in total. The Hall–Kier alpha value is -2.16. The van der Waals surface area contributed by atoms with Crippen LogP contribution in [-0.2, 0) is 17.8 Å². The van der Waals surface area contributed by atoms with E-state index in [1.54, 1.807) is 4.40 Å². The minimum Gasteiger partial charge on any atom is -0.343 e. The number of carbonyl (C=O) groups excluding carboxylic acids is 1. The number of amides is 1. The number of aromatic amines is 1. The van der Waals surface area contributed by atoms with Gasteiger partial charge in [0.2, 0.25) is 11.7 Å². The Bertz CT molecular complexity index is 1060. The molecule has 1 amide bonds. The maximum absolute atomic E-state index is 13.1. The van der Waals surface area contributed by atoms with Gasteiger partial charge in [-0.1, -0.05) is 19.8 Å². The third-order valence-corrected chi connectivity index (χ3v) is 5.86. The van der Waals surface area contributed by atoms with Crippen molar-refractivity contribution >= 4 is 38.6 Å². The first-order valence-corrected chi connectivity index (χ1v) is 10.8. The van der Waals surface area contributed by atoms with Crippen molar-refractivity contribution in [1.82, 2.24) is 29.0 Å². The number of rotatable bonds is 7. The second-order valence-corrected chi connectivity index (χ2v) is 8.24. The third kappa shape index (κ3) is 3.47. The topological polar surface area (TPSA) is 88.3 Å². The van der Waals surface area contributed by atoms with Crippen molar-refractivity contribution in [1.29, 1.82) is 0 Å². The maximum atomic E-state index is 13.1. The largest absolute Gasteiger partial charge is 0.343 e. The van der Waals surface area contributed by atoms with E-state index in [9.17, 15) is 9.59 Å². The molecule has 0 aromatic carbocycles. The third-order valence-electron chi connectivity index (χ3n) is 5.43. The van der Waals surface area contributed by atoms with Crippen LogP contribution in [0.5, 0.6) is 0 Å². The average Bonchev–Trinajstić information content (AvgIpc) is 3.41. The zero-order valence-electron chi connectivity index (χ0n) is 16.1. The second-order valence-electron chi connectivity index (χ2n) is 7.38. The van der Waals surface area contributed by atoms with E-state index in [0.717, 1.165) is 61.9 Å². The molecule has 0 bridgehead atoms. The number of aromatic nitrogens is 5. The lowest BCUT2D eigenvalue weighted by atomic mass is 10.2. The molecule has 150 valence electrons. The van der Waals surface area contributed by atoms with E-state index in [1.165, 1.54) is 0 Å².